The molecule has 1 aromatic carbocycles. The SMILES string of the molecule is O=C(COc1cccc(N2CCCC2=O)c1)Nc1nc2c(s1)CCCC2. The molecule has 6 nitrogen and oxygen atoms in total. The largest absolute Gasteiger partial charge is 0.484 e. The number of nitrogens with zero attached hydrogens (tertiary/aromatic N) is 2. The molecule has 2 aliphatic rings. The van der Waals surface area contributed by atoms with Crippen LogP contribution in [0.3, 0.4) is 0 Å². The Morgan fingerprint density at radius 2 is 2.12 bits per heavy atom. The molecule has 26 heavy (non-hydrogen) atoms. The van der Waals surface area contributed by atoms with Crippen molar-refractivity contribution < 1.29 is 14.3 Å². The van der Waals surface area contributed by atoms with Crippen molar-refractivity contribution in [1.29, 1.82) is 0 Å². The van der Waals surface area contributed by atoms with E-state index in [0.29, 0.717) is 17.3 Å². The lowest BCUT2D eigenvalue weighted by Gasteiger charge is -2.16. The van der Waals surface area contributed by atoms with Crippen molar-refractivity contribution in [2.45, 2.75) is 38.5 Å². The molecule has 1 aliphatic carbocycles. The Kier molecular flexibility index (Phi) is 4.88. The number of rotatable bonds is 5. The number of aromatic nitrogens is 1. The molecule has 4 rings (SSSR count). The van der Waals surface area contributed by atoms with E-state index in [2.05, 4.69) is 10.3 Å². The Balaban J connectivity index is 1.34. The number of hydrogen-bond donors (Lipinski definition) is 1. The van der Waals surface area contributed by atoms with Crippen molar-refractivity contribution in [2.24, 2.45) is 0 Å². The molecule has 2 heterocycles. The minimum Gasteiger partial charge on any atom is -0.484 e. The summed E-state index contributed by atoms with van der Waals surface area (Å²) < 4.78 is 5.60. The summed E-state index contributed by atoms with van der Waals surface area (Å²) in [6.45, 7) is 0.652. The predicted octanol–water partition coefficient (Wildman–Crippen LogP) is 3.17. The second-order valence-electron chi connectivity index (χ2n) is 6.58. The molecule has 0 unspecified atom stereocenters. The Morgan fingerprint density at radius 3 is 2.92 bits per heavy atom. The average Bonchev–Trinajstić information content (AvgIpc) is 3.25. The average molecular weight is 371 g/mol. The first kappa shape index (κ1) is 17.0. The molecule has 0 radical (unpaired) electrons. The first-order chi connectivity index (χ1) is 12.7. The van der Waals surface area contributed by atoms with Crippen molar-refractivity contribution in [3.63, 3.8) is 0 Å². The van der Waals surface area contributed by atoms with E-state index in [1.54, 1.807) is 28.4 Å². The Labute approximate surface area is 156 Å². The normalized spacial score (nSPS) is 16.5. The maximum absolute atomic E-state index is 12.2. The molecule has 0 bridgehead atoms. The van der Waals surface area contributed by atoms with E-state index in [1.807, 2.05) is 12.1 Å². The molecule has 1 saturated heterocycles. The summed E-state index contributed by atoms with van der Waals surface area (Å²) >= 11 is 1.56. The first-order valence-corrected chi connectivity index (χ1v) is 9.82. The van der Waals surface area contributed by atoms with Crippen molar-refractivity contribution in [1.82, 2.24) is 4.98 Å². The highest BCUT2D eigenvalue weighted by atomic mass is 32.1. The number of aryl methyl sites for hydroxylation is 2. The lowest BCUT2D eigenvalue weighted by molar-refractivity contribution is -0.118. The Bertz CT molecular complexity index is 810. The maximum atomic E-state index is 12.2. The van der Waals surface area contributed by atoms with Crippen LogP contribution in [0.5, 0.6) is 5.75 Å². The quantitative estimate of drug-likeness (QED) is 0.876. The van der Waals surface area contributed by atoms with Gasteiger partial charge in [0.15, 0.2) is 11.7 Å². The van der Waals surface area contributed by atoms with Gasteiger partial charge in [0, 0.05) is 29.6 Å². The van der Waals surface area contributed by atoms with Crippen molar-refractivity contribution in [2.75, 3.05) is 23.4 Å². The fourth-order valence-corrected chi connectivity index (χ4v) is 4.44. The predicted molar refractivity (Wildman–Crippen MR) is 101 cm³/mol. The molecule has 1 N–H and O–H groups in total. The number of nitrogens with one attached hydrogen (secondary N) is 1. The highest BCUT2D eigenvalue weighted by Crippen LogP contribution is 2.29. The van der Waals surface area contributed by atoms with E-state index in [9.17, 15) is 9.59 Å². The van der Waals surface area contributed by atoms with Crippen molar-refractivity contribution in [3.8, 4) is 5.75 Å². The number of amides is 2. The summed E-state index contributed by atoms with van der Waals surface area (Å²) in [5.41, 5.74) is 1.94. The number of carbonyl (C=O) groups is 2. The molecule has 1 aliphatic heterocycles. The topological polar surface area (TPSA) is 71.5 Å². The van der Waals surface area contributed by atoms with Crippen LogP contribution in [0.25, 0.3) is 0 Å². The number of ether oxygens (including phenoxy) is 1. The first-order valence-electron chi connectivity index (χ1n) is 9.01. The summed E-state index contributed by atoms with van der Waals surface area (Å²) in [4.78, 5) is 31.6. The molecule has 2 aromatic rings. The molecular weight excluding hydrogens is 350 g/mol. The van der Waals surface area contributed by atoms with Gasteiger partial charge in [-0.05, 0) is 44.2 Å². The van der Waals surface area contributed by atoms with Gasteiger partial charge < -0.3 is 9.64 Å². The lowest BCUT2D eigenvalue weighted by Crippen LogP contribution is -2.24. The highest BCUT2D eigenvalue weighted by Gasteiger charge is 2.22. The third kappa shape index (κ3) is 3.72. The standard InChI is InChI=1S/C19H21N3O3S/c23-17(21-19-20-15-7-1-2-8-16(15)26-19)12-25-14-6-3-5-13(11-14)22-10-4-9-18(22)24/h3,5-6,11H,1-2,4,7-10,12H2,(H,20,21,23). The van der Waals surface area contributed by atoms with E-state index in [0.717, 1.165) is 37.2 Å². The second kappa shape index (κ2) is 7.45. The van der Waals surface area contributed by atoms with Gasteiger partial charge in [0.2, 0.25) is 5.91 Å². The van der Waals surface area contributed by atoms with Gasteiger partial charge in [0.1, 0.15) is 5.75 Å². The Hall–Kier alpha value is -2.41. The molecule has 136 valence electrons. The van der Waals surface area contributed by atoms with Crippen LogP contribution >= 0.6 is 11.3 Å². The summed E-state index contributed by atoms with van der Waals surface area (Å²) in [6, 6.07) is 7.32. The number of anilines is 2. The van der Waals surface area contributed by atoms with Gasteiger partial charge in [-0.2, -0.15) is 0 Å². The van der Waals surface area contributed by atoms with E-state index in [-0.39, 0.29) is 18.4 Å². The van der Waals surface area contributed by atoms with Gasteiger partial charge in [-0.3, -0.25) is 14.9 Å². The number of hydrogen-bond acceptors (Lipinski definition) is 5. The van der Waals surface area contributed by atoms with Crippen LogP contribution in [-0.4, -0.2) is 29.9 Å². The van der Waals surface area contributed by atoms with Crippen molar-refractivity contribution in [3.05, 3.63) is 34.8 Å². The molecule has 0 saturated carbocycles. The zero-order chi connectivity index (χ0) is 17.9. The molecule has 1 fully saturated rings. The smallest absolute Gasteiger partial charge is 0.264 e. The van der Waals surface area contributed by atoms with Crippen LogP contribution in [0.1, 0.15) is 36.3 Å². The van der Waals surface area contributed by atoms with Gasteiger partial charge in [0.05, 0.1) is 5.69 Å². The van der Waals surface area contributed by atoms with Crippen LogP contribution in [0, 0.1) is 0 Å². The molecule has 2 amide bonds. The van der Waals surface area contributed by atoms with Gasteiger partial charge in [-0.25, -0.2) is 4.98 Å². The fraction of sp³-hybridized carbons (Fsp3) is 0.421. The molecule has 7 heteroatoms. The number of benzene rings is 1. The number of fused-ring (bicyclic) bond motifs is 1. The highest BCUT2D eigenvalue weighted by molar-refractivity contribution is 7.15. The van der Waals surface area contributed by atoms with E-state index < -0.39 is 0 Å². The molecule has 0 spiro atoms. The zero-order valence-corrected chi connectivity index (χ0v) is 15.3. The Morgan fingerprint density at radius 1 is 1.23 bits per heavy atom. The monoisotopic (exact) mass is 371 g/mol. The van der Waals surface area contributed by atoms with Crippen molar-refractivity contribution >= 4 is 34.0 Å². The number of carbonyl (C=O) groups excluding carboxylic acids is 2. The van der Waals surface area contributed by atoms with E-state index >= 15 is 0 Å². The summed E-state index contributed by atoms with van der Waals surface area (Å²) in [6.07, 6.45) is 5.89. The number of thiazole rings is 1. The fourth-order valence-electron chi connectivity index (χ4n) is 3.37. The van der Waals surface area contributed by atoms with Crippen LogP contribution in [0.4, 0.5) is 10.8 Å². The van der Waals surface area contributed by atoms with Gasteiger partial charge in [-0.15, -0.1) is 11.3 Å². The van der Waals surface area contributed by atoms with Crippen LogP contribution in [-0.2, 0) is 22.4 Å². The van der Waals surface area contributed by atoms with Gasteiger partial charge in [0.25, 0.3) is 5.91 Å². The second-order valence-corrected chi connectivity index (χ2v) is 7.66. The van der Waals surface area contributed by atoms with Gasteiger partial charge >= 0.3 is 0 Å². The minimum absolute atomic E-state index is 0.0817. The zero-order valence-electron chi connectivity index (χ0n) is 14.5. The summed E-state index contributed by atoms with van der Waals surface area (Å²) in [5.74, 6) is 0.488. The van der Waals surface area contributed by atoms with E-state index in [1.165, 1.54) is 17.7 Å². The van der Waals surface area contributed by atoms with E-state index in [4.69, 9.17) is 4.74 Å². The van der Waals surface area contributed by atoms with Crippen LogP contribution in [0.15, 0.2) is 24.3 Å². The van der Waals surface area contributed by atoms with Crippen LogP contribution in [0.2, 0.25) is 0 Å². The van der Waals surface area contributed by atoms with Crippen LogP contribution < -0.4 is 15.0 Å². The lowest BCUT2D eigenvalue weighted by atomic mass is 10.0. The van der Waals surface area contributed by atoms with Gasteiger partial charge in [-0.1, -0.05) is 6.07 Å². The molecule has 1 aromatic heterocycles. The third-order valence-corrected chi connectivity index (χ3v) is 5.74. The molecule has 0 atom stereocenters. The third-order valence-electron chi connectivity index (χ3n) is 4.66. The molecular formula is C19H21N3O3S. The summed E-state index contributed by atoms with van der Waals surface area (Å²) in [5, 5.41) is 3.48. The maximum Gasteiger partial charge on any atom is 0.264 e. The minimum atomic E-state index is -0.223. The summed E-state index contributed by atoms with van der Waals surface area (Å²) in [7, 11) is 0.